The van der Waals surface area contributed by atoms with Crippen LogP contribution in [0.25, 0.3) is 11.0 Å². The molecule has 0 saturated heterocycles. The zero-order chi connectivity index (χ0) is 13.0. The van der Waals surface area contributed by atoms with E-state index < -0.39 is 0 Å². The Morgan fingerprint density at radius 3 is 2.78 bits per heavy atom. The topological polar surface area (TPSA) is 33.1 Å². The second-order valence-electron chi connectivity index (χ2n) is 4.76. The fraction of sp³-hybridized carbons (Fsp3) is 0.500. The molecule has 1 aromatic carbocycles. The fourth-order valence-corrected chi connectivity index (χ4v) is 2.14. The number of imidazole rings is 1. The predicted octanol–water partition coefficient (Wildman–Crippen LogP) is 2.42. The molecule has 0 saturated carbocycles. The second-order valence-corrected chi connectivity index (χ2v) is 4.76. The van der Waals surface area contributed by atoms with E-state index in [9.17, 15) is 0 Å². The molecule has 0 radical (unpaired) electrons. The lowest BCUT2D eigenvalue weighted by atomic mass is 10.3. The van der Waals surface area contributed by atoms with Crippen molar-refractivity contribution < 1.29 is 0 Å². The molecule has 2 aromatic rings. The lowest BCUT2D eigenvalue weighted by Gasteiger charge is -2.12. The normalized spacial score (nSPS) is 11.3. The highest BCUT2D eigenvalue weighted by Crippen LogP contribution is 2.19. The van der Waals surface area contributed by atoms with Gasteiger partial charge in [0.05, 0.1) is 11.0 Å². The molecule has 0 aliphatic rings. The van der Waals surface area contributed by atoms with Gasteiger partial charge in [-0.15, -0.1) is 0 Å². The number of aryl methyl sites for hydroxylation is 1. The van der Waals surface area contributed by atoms with Crippen LogP contribution in [0.2, 0.25) is 0 Å². The van der Waals surface area contributed by atoms with Crippen LogP contribution in [-0.4, -0.2) is 41.6 Å². The summed E-state index contributed by atoms with van der Waals surface area (Å²) in [5.41, 5.74) is 2.28. The number of hydrogen-bond acceptors (Lipinski definition) is 3. The van der Waals surface area contributed by atoms with E-state index in [0.29, 0.717) is 0 Å². The van der Waals surface area contributed by atoms with Gasteiger partial charge in [0, 0.05) is 13.1 Å². The number of nitrogens with one attached hydrogen (secondary N) is 1. The van der Waals surface area contributed by atoms with Gasteiger partial charge in [0.1, 0.15) is 0 Å². The van der Waals surface area contributed by atoms with E-state index in [2.05, 4.69) is 59.0 Å². The van der Waals surface area contributed by atoms with Crippen molar-refractivity contribution in [2.75, 3.05) is 32.5 Å². The molecule has 0 fully saturated rings. The molecule has 0 amide bonds. The minimum Gasteiger partial charge on any atom is -0.356 e. The Balaban J connectivity index is 2.24. The van der Waals surface area contributed by atoms with Gasteiger partial charge in [-0.2, -0.15) is 0 Å². The van der Waals surface area contributed by atoms with Crippen molar-refractivity contribution in [3.8, 4) is 0 Å². The summed E-state index contributed by atoms with van der Waals surface area (Å²) in [7, 11) is 4.22. The monoisotopic (exact) mass is 246 g/mol. The summed E-state index contributed by atoms with van der Waals surface area (Å²) in [4.78, 5) is 6.85. The van der Waals surface area contributed by atoms with Crippen LogP contribution < -0.4 is 5.32 Å². The number of benzene rings is 1. The number of aromatic nitrogens is 2. The maximum Gasteiger partial charge on any atom is 0.203 e. The van der Waals surface area contributed by atoms with Gasteiger partial charge >= 0.3 is 0 Å². The van der Waals surface area contributed by atoms with E-state index >= 15 is 0 Å². The number of rotatable bonds is 6. The molecular formula is C14H22N4. The summed E-state index contributed by atoms with van der Waals surface area (Å²) >= 11 is 0. The van der Waals surface area contributed by atoms with Crippen LogP contribution in [0.1, 0.15) is 13.3 Å². The summed E-state index contributed by atoms with van der Waals surface area (Å²) in [6.45, 7) is 5.10. The van der Waals surface area contributed by atoms with Gasteiger partial charge in [0.2, 0.25) is 5.95 Å². The van der Waals surface area contributed by atoms with E-state index in [1.807, 2.05) is 6.07 Å². The Morgan fingerprint density at radius 1 is 1.28 bits per heavy atom. The molecule has 1 N–H and O–H groups in total. The van der Waals surface area contributed by atoms with Gasteiger partial charge in [0.25, 0.3) is 0 Å². The summed E-state index contributed by atoms with van der Waals surface area (Å²) in [6.07, 6.45) is 1.13. The molecule has 1 aromatic heterocycles. The largest absolute Gasteiger partial charge is 0.356 e. The molecule has 4 heteroatoms. The third-order valence-electron chi connectivity index (χ3n) is 2.98. The third-order valence-corrected chi connectivity index (χ3v) is 2.98. The van der Waals surface area contributed by atoms with E-state index in [-0.39, 0.29) is 0 Å². The van der Waals surface area contributed by atoms with Crippen LogP contribution >= 0.6 is 0 Å². The molecule has 0 spiro atoms. The molecule has 0 unspecified atom stereocenters. The van der Waals surface area contributed by atoms with Gasteiger partial charge in [-0.25, -0.2) is 4.98 Å². The third kappa shape index (κ3) is 2.82. The van der Waals surface area contributed by atoms with Gasteiger partial charge in [-0.1, -0.05) is 12.1 Å². The second kappa shape index (κ2) is 5.87. The smallest absolute Gasteiger partial charge is 0.203 e. The Hall–Kier alpha value is -1.55. The summed E-state index contributed by atoms with van der Waals surface area (Å²) < 4.78 is 2.28. The lowest BCUT2D eigenvalue weighted by molar-refractivity contribution is 0.388. The highest BCUT2D eigenvalue weighted by Gasteiger charge is 2.08. The van der Waals surface area contributed by atoms with Crippen molar-refractivity contribution in [3.63, 3.8) is 0 Å². The van der Waals surface area contributed by atoms with Gasteiger partial charge in [-0.3, -0.25) is 0 Å². The zero-order valence-corrected chi connectivity index (χ0v) is 11.5. The summed E-state index contributed by atoms with van der Waals surface area (Å²) in [6, 6.07) is 8.31. The van der Waals surface area contributed by atoms with E-state index in [1.54, 1.807) is 0 Å². The number of hydrogen-bond donors (Lipinski definition) is 1. The molecule has 0 aliphatic carbocycles. The Morgan fingerprint density at radius 2 is 2.06 bits per heavy atom. The molecule has 0 atom stereocenters. The summed E-state index contributed by atoms with van der Waals surface area (Å²) in [5.74, 6) is 0.984. The van der Waals surface area contributed by atoms with Crippen LogP contribution in [0, 0.1) is 0 Å². The minimum absolute atomic E-state index is 0.900. The van der Waals surface area contributed by atoms with Crippen molar-refractivity contribution >= 4 is 17.0 Å². The standard InChI is InChI=1S/C14H22N4/c1-4-15-14-16-12-8-5-6-9-13(12)18(14)11-7-10-17(2)3/h5-6,8-9H,4,7,10-11H2,1-3H3,(H,15,16). The van der Waals surface area contributed by atoms with E-state index in [1.165, 1.54) is 5.52 Å². The Labute approximate surface area is 109 Å². The zero-order valence-electron chi connectivity index (χ0n) is 11.5. The average molecular weight is 246 g/mol. The number of nitrogens with zero attached hydrogens (tertiary/aromatic N) is 3. The van der Waals surface area contributed by atoms with Crippen molar-refractivity contribution in [2.24, 2.45) is 0 Å². The first-order chi connectivity index (χ1) is 8.72. The fourth-order valence-electron chi connectivity index (χ4n) is 2.14. The molecule has 18 heavy (non-hydrogen) atoms. The van der Waals surface area contributed by atoms with Gasteiger partial charge in [0.15, 0.2) is 0 Å². The minimum atomic E-state index is 0.900. The van der Waals surface area contributed by atoms with E-state index in [0.717, 1.165) is 37.5 Å². The van der Waals surface area contributed by atoms with Crippen molar-refractivity contribution in [1.29, 1.82) is 0 Å². The first-order valence-corrected chi connectivity index (χ1v) is 6.56. The van der Waals surface area contributed by atoms with Crippen LogP contribution in [0.15, 0.2) is 24.3 Å². The lowest BCUT2D eigenvalue weighted by Crippen LogP contribution is -2.16. The van der Waals surface area contributed by atoms with Crippen LogP contribution in [0.3, 0.4) is 0 Å². The number of fused-ring (bicyclic) bond motifs is 1. The van der Waals surface area contributed by atoms with Crippen molar-refractivity contribution in [1.82, 2.24) is 14.5 Å². The molecule has 4 nitrogen and oxygen atoms in total. The number of anilines is 1. The maximum absolute atomic E-state index is 4.64. The quantitative estimate of drug-likeness (QED) is 0.849. The van der Waals surface area contributed by atoms with Crippen molar-refractivity contribution in [3.05, 3.63) is 24.3 Å². The highest BCUT2D eigenvalue weighted by atomic mass is 15.2. The van der Waals surface area contributed by atoms with Crippen LogP contribution in [-0.2, 0) is 6.54 Å². The highest BCUT2D eigenvalue weighted by molar-refractivity contribution is 5.78. The molecule has 2 rings (SSSR count). The molecule has 0 bridgehead atoms. The molecular weight excluding hydrogens is 224 g/mol. The first-order valence-electron chi connectivity index (χ1n) is 6.56. The Bertz CT molecular complexity index is 501. The number of para-hydroxylation sites is 2. The molecule has 98 valence electrons. The van der Waals surface area contributed by atoms with Crippen LogP contribution in [0.5, 0.6) is 0 Å². The molecule has 0 aliphatic heterocycles. The Kier molecular flexibility index (Phi) is 4.20. The van der Waals surface area contributed by atoms with Gasteiger partial charge < -0.3 is 14.8 Å². The average Bonchev–Trinajstić information content (AvgIpc) is 2.68. The predicted molar refractivity (Wildman–Crippen MR) is 77.1 cm³/mol. The summed E-state index contributed by atoms with van der Waals surface area (Å²) in [5, 5.41) is 3.34. The maximum atomic E-state index is 4.64. The molecule has 1 heterocycles. The van der Waals surface area contributed by atoms with Crippen LogP contribution in [0.4, 0.5) is 5.95 Å². The van der Waals surface area contributed by atoms with Crippen molar-refractivity contribution in [2.45, 2.75) is 19.9 Å². The van der Waals surface area contributed by atoms with Gasteiger partial charge in [-0.05, 0) is 46.1 Å². The first kappa shape index (κ1) is 12.9. The SMILES string of the molecule is CCNc1nc2ccccc2n1CCCN(C)C. The van der Waals surface area contributed by atoms with E-state index in [4.69, 9.17) is 0 Å².